The van der Waals surface area contributed by atoms with Gasteiger partial charge in [0, 0.05) is 17.0 Å². The zero-order chi connectivity index (χ0) is 10.8. The molecule has 0 saturated heterocycles. The number of fused-ring (bicyclic) bond motifs is 1. The standard InChI is InChI=1S/C11H9FN2O/c12-11-7-3-1-2-4-8(7)14-9(11)5-6-10(13)15/h1-6,14H,(H2,13,15). The highest BCUT2D eigenvalue weighted by Gasteiger charge is 2.07. The van der Waals surface area contributed by atoms with Gasteiger partial charge < -0.3 is 10.7 Å². The molecule has 3 nitrogen and oxygen atoms in total. The van der Waals surface area contributed by atoms with Crippen LogP contribution in [0, 0.1) is 5.82 Å². The van der Waals surface area contributed by atoms with Crippen molar-refractivity contribution in [3.8, 4) is 0 Å². The second kappa shape index (κ2) is 3.57. The van der Waals surface area contributed by atoms with E-state index in [2.05, 4.69) is 4.98 Å². The van der Waals surface area contributed by atoms with Gasteiger partial charge in [-0.2, -0.15) is 0 Å². The summed E-state index contributed by atoms with van der Waals surface area (Å²) in [5, 5.41) is 0.502. The van der Waals surface area contributed by atoms with Crippen molar-refractivity contribution >= 4 is 22.9 Å². The maximum atomic E-state index is 13.6. The SMILES string of the molecule is NC(=O)C=Cc1[nH]c2ccccc2c1F. The van der Waals surface area contributed by atoms with E-state index in [4.69, 9.17) is 5.73 Å². The summed E-state index contributed by atoms with van der Waals surface area (Å²) in [7, 11) is 0. The summed E-state index contributed by atoms with van der Waals surface area (Å²) in [6, 6.07) is 6.99. The fourth-order valence-corrected chi connectivity index (χ4v) is 1.41. The van der Waals surface area contributed by atoms with Gasteiger partial charge in [0.15, 0.2) is 5.82 Å². The van der Waals surface area contributed by atoms with Crippen molar-refractivity contribution in [1.82, 2.24) is 4.98 Å². The highest BCUT2D eigenvalue weighted by molar-refractivity contribution is 5.91. The van der Waals surface area contributed by atoms with Crippen molar-refractivity contribution < 1.29 is 9.18 Å². The summed E-state index contributed by atoms with van der Waals surface area (Å²) in [4.78, 5) is 13.3. The first-order valence-corrected chi connectivity index (χ1v) is 4.42. The first-order chi connectivity index (χ1) is 7.18. The highest BCUT2D eigenvalue weighted by atomic mass is 19.1. The Bertz CT molecular complexity index is 543. The number of carbonyl (C=O) groups is 1. The van der Waals surface area contributed by atoms with Crippen molar-refractivity contribution in [2.24, 2.45) is 5.73 Å². The number of carbonyl (C=O) groups excluding carboxylic acids is 1. The van der Waals surface area contributed by atoms with Crippen LogP contribution >= 0.6 is 0 Å². The van der Waals surface area contributed by atoms with E-state index in [-0.39, 0.29) is 11.5 Å². The molecule has 76 valence electrons. The van der Waals surface area contributed by atoms with Crippen LogP contribution in [0.3, 0.4) is 0 Å². The minimum Gasteiger partial charge on any atom is -0.366 e. The molecule has 3 N–H and O–H groups in total. The van der Waals surface area contributed by atoms with E-state index in [1.54, 1.807) is 24.3 Å². The van der Waals surface area contributed by atoms with Gasteiger partial charge in [0.2, 0.25) is 5.91 Å². The van der Waals surface area contributed by atoms with Crippen LogP contribution in [0.25, 0.3) is 17.0 Å². The summed E-state index contributed by atoms with van der Waals surface area (Å²) >= 11 is 0. The third kappa shape index (κ3) is 1.74. The zero-order valence-corrected chi connectivity index (χ0v) is 7.83. The molecule has 0 bridgehead atoms. The van der Waals surface area contributed by atoms with Gasteiger partial charge >= 0.3 is 0 Å². The van der Waals surface area contributed by atoms with Gasteiger partial charge in [0.25, 0.3) is 0 Å². The molecule has 1 heterocycles. The molecular formula is C11H9FN2O. The average molecular weight is 204 g/mol. The van der Waals surface area contributed by atoms with Gasteiger partial charge in [-0.3, -0.25) is 4.79 Å². The smallest absolute Gasteiger partial charge is 0.241 e. The summed E-state index contributed by atoms with van der Waals surface area (Å²) in [5.41, 5.74) is 5.88. The van der Waals surface area contributed by atoms with Crippen LogP contribution < -0.4 is 5.73 Å². The van der Waals surface area contributed by atoms with Gasteiger partial charge in [-0.25, -0.2) is 4.39 Å². The Hall–Kier alpha value is -2.10. The zero-order valence-electron chi connectivity index (χ0n) is 7.83. The molecule has 15 heavy (non-hydrogen) atoms. The fraction of sp³-hybridized carbons (Fsp3) is 0. The molecule has 0 atom stereocenters. The number of primary amides is 1. The number of aromatic amines is 1. The second-order valence-electron chi connectivity index (χ2n) is 3.13. The Balaban J connectivity index is 2.53. The number of halogens is 1. The van der Waals surface area contributed by atoms with E-state index in [1.807, 2.05) is 0 Å². The predicted molar refractivity (Wildman–Crippen MR) is 56.5 cm³/mol. The Labute approximate surface area is 85.4 Å². The van der Waals surface area contributed by atoms with Crippen molar-refractivity contribution in [3.05, 3.63) is 41.9 Å². The number of para-hydroxylation sites is 1. The predicted octanol–water partition coefficient (Wildman–Crippen LogP) is 1.81. The van der Waals surface area contributed by atoms with Crippen molar-refractivity contribution in [2.45, 2.75) is 0 Å². The Kier molecular flexibility index (Phi) is 2.25. The molecule has 1 aromatic heterocycles. The summed E-state index contributed by atoms with van der Waals surface area (Å²) < 4.78 is 13.6. The molecule has 0 aliphatic rings. The number of H-pyrrole nitrogens is 1. The topological polar surface area (TPSA) is 58.9 Å². The molecule has 0 fully saturated rings. The maximum Gasteiger partial charge on any atom is 0.241 e. The van der Waals surface area contributed by atoms with Gasteiger partial charge in [-0.15, -0.1) is 0 Å². The number of hydrogen-bond acceptors (Lipinski definition) is 1. The third-order valence-corrected chi connectivity index (χ3v) is 2.08. The van der Waals surface area contributed by atoms with E-state index >= 15 is 0 Å². The quantitative estimate of drug-likeness (QED) is 0.720. The summed E-state index contributed by atoms with van der Waals surface area (Å²) in [6.07, 6.45) is 2.45. The van der Waals surface area contributed by atoms with E-state index in [0.29, 0.717) is 10.9 Å². The Morgan fingerprint density at radius 3 is 2.80 bits per heavy atom. The lowest BCUT2D eigenvalue weighted by Crippen LogP contribution is -2.05. The number of hydrogen-bond donors (Lipinski definition) is 2. The van der Waals surface area contributed by atoms with Crippen LogP contribution in [-0.2, 0) is 4.79 Å². The van der Waals surface area contributed by atoms with Gasteiger partial charge in [0.05, 0.1) is 5.69 Å². The van der Waals surface area contributed by atoms with E-state index in [1.165, 1.54) is 6.08 Å². The minimum atomic E-state index is -0.604. The highest BCUT2D eigenvalue weighted by Crippen LogP contribution is 2.21. The van der Waals surface area contributed by atoms with E-state index in [9.17, 15) is 9.18 Å². The maximum absolute atomic E-state index is 13.6. The summed E-state index contributed by atoms with van der Waals surface area (Å²) in [5.74, 6) is -0.976. The van der Waals surface area contributed by atoms with Gasteiger partial charge in [0.1, 0.15) is 0 Å². The molecule has 1 aromatic carbocycles. The average Bonchev–Trinajstić information content (AvgIpc) is 2.54. The van der Waals surface area contributed by atoms with E-state index < -0.39 is 5.91 Å². The van der Waals surface area contributed by atoms with Crippen LogP contribution in [0.15, 0.2) is 30.3 Å². The lowest BCUT2D eigenvalue weighted by atomic mass is 10.2. The second-order valence-corrected chi connectivity index (χ2v) is 3.13. The molecule has 2 aromatic rings. The number of nitrogens with two attached hydrogens (primary N) is 1. The molecule has 0 aliphatic carbocycles. The normalized spacial score (nSPS) is 11.3. The number of aromatic nitrogens is 1. The minimum absolute atomic E-state index is 0.259. The van der Waals surface area contributed by atoms with E-state index in [0.717, 1.165) is 6.08 Å². The number of benzene rings is 1. The third-order valence-electron chi connectivity index (χ3n) is 2.08. The van der Waals surface area contributed by atoms with Crippen LogP contribution in [0.4, 0.5) is 4.39 Å². The molecule has 0 unspecified atom stereocenters. The van der Waals surface area contributed by atoms with Crippen molar-refractivity contribution in [1.29, 1.82) is 0 Å². The molecule has 0 saturated carbocycles. The van der Waals surface area contributed by atoms with Crippen molar-refractivity contribution in [3.63, 3.8) is 0 Å². The fourth-order valence-electron chi connectivity index (χ4n) is 1.41. The Morgan fingerprint density at radius 1 is 1.40 bits per heavy atom. The molecule has 0 radical (unpaired) electrons. The lowest BCUT2D eigenvalue weighted by molar-refractivity contribution is -0.113. The molecule has 1 amide bonds. The number of amides is 1. The van der Waals surface area contributed by atoms with Crippen molar-refractivity contribution in [2.75, 3.05) is 0 Å². The van der Waals surface area contributed by atoms with Crippen LogP contribution in [0.2, 0.25) is 0 Å². The largest absolute Gasteiger partial charge is 0.366 e. The first-order valence-electron chi connectivity index (χ1n) is 4.42. The number of nitrogens with one attached hydrogen (secondary N) is 1. The molecule has 4 heteroatoms. The molecular weight excluding hydrogens is 195 g/mol. The molecule has 2 rings (SSSR count). The first kappa shape index (κ1) is 9.45. The van der Waals surface area contributed by atoms with Gasteiger partial charge in [-0.05, 0) is 18.2 Å². The number of rotatable bonds is 2. The Morgan fingerprint density at radius 2 is 2.13 bits per heavy atom. The van der Waals surface area contributed by atoms with Gasteiger partial charge in [-0.1, -0.05) is 12.1 Å². The molecule has 0 aliphatic heterocycles. The lowest BCUT2D eigenvalue weighted by Gasteiger charge is -1.86. The molecule has 0 spiro atoms. The van der Waals surface area contributed by atoms with Crippen LogP contribution in [0.1, 0.15) is 5.69 Å². The van der Waals surface area contributed by atoms with Crippen LogP contribution in [0.5, 0.6) is 0 Å². The monoisotopic (exact) mass is 204 g/mol. The van der Waals surface area contributed by atoms with Crippen LogP contribution in [-0.4, -0.2) is 10.9 Å². The summed E-state index contributed by atoms with van der Waals surface area (Å²) in [6.45, 7) is 0.